The first-order valence-corrected chi connectivity index (χ1v) is 6.49. The van der Waals surface area contributed by atoms with E-state index < -0.39 is 5.91 Å². The van der Waals surface area contributed by atoms with Gasteiger partial charge < -0.3 is 21.4 Å². The standard InChI is InChI=1S/C14H17N5O2/c15-5-6-19-8-12(17-9-19)14(21)18-11-3-1-10(2-4-11)7-13(16)20/h1-4,8-9H,5-7,15H2,(H2,16,20)(H,18,21). The minimum absolute atomic E-state index is 0.178. The summed E-state index contributed by atoms with van der Waals surface area (Å²) in [7, 11) is 0. The van der Waals surface area contributed by atoms with Crippen molar-refractivity contribution < 1.29 is 9.59 Å². The SMILES string of the molecule is NCCn1cnc(C(=O)Nc2ccc(CC(N)=O)cc2)c1. The number of hydrogen-bond donors (Lipinski definition) is 3. The van der Waals surface area contributed by atoms with Crippen LogP contribution in [0.15, 0.2) is 36.8 Å². The number of nitrogens with one attached hydrogen (secondary N) is 1. The normalized spacial score (nSPS) is 10.3. The Morgan fingerprint density at radius 3 is 2.57 bits per heavy atom. The predicted molar refractivity (Wildman–Crippen MR) is 78.6 cm³/mol. The van der Waals surface area contributed by atoms with Crippen LogP contribution in [0.3, 0.4) is 0 Å². The predicted octanol–water partition coefficient (Wildman–Crippen LogP) is 0.122. The summed E-state index contributed by atoms with van der Waals surface area (Å²) in [5.74, 6) is -0.689. The maximum atomic E-state index is 12.0. The van der Waals surface area contributed by atoms with Gasteiger partial charge in [-0.15, -0.1) is 0 Å². The van der Waals surface area contributed by atoms with Crippen LogP contribution >= 0.6 is 0 Å². The highest BCUT2D eigenvalue weighted by atomic mass is 16.2. The van der Waals surface area contributed by atoms with Crippen molar-refractivity contribution in [1.29, 1.82) is 0 Å². The molecule has 0 saturated heterocycles. The second-order valence-corrected chi connectivity index (χ2v) is 4.58. The first-order valence-electron chi connectivity index (χ1n) is 6.49. The van der Waals surface area contributed by atoms with E-state index in [2.05, 4.69) is 10.3 Å². The number of imidazole rings is 1. The van der Waals surface area contributed by atoms with Gasteiger partial charge in [0.05, 0.1) is 12.7 Å². The molecule has 1 heterocycles. The molecule has 0 unspecified atom stereocenters. The van der Waals surface area contributed by atoms with Crippen LogP contribution in [0.25, 0.3) is 0 Å². The van der Waals surface area contributed by atoms with Crippen molar-refractivity contribution in [2.75, 3.05) is 11.9 Å². The van der Waals surface area contributed by atoms with Crippen molar-refractivity contribution in [3.05, 3.63) is 48.0 Å². The summed E-state index contributed by atoms with van der Waals surface area (Å²) in [5.41, 5.74) is 12.3. The number of primary amides is 1. The third-order valence-corrected chi connectivity index (χ3v) is 2.84. The molecule has 0 radical (unpaired) electrons. The van der Waals surface area contributed by atoms with Crippen LogP contribution in [0.1, 0.15) is 16.1 Å². The molecule has 7 nitrogen and oxygen atoms in total. The van der Waals surface area contributed by atoms with Gasteiger partial charge in [0.15, 0.2) is 0 Å². The highest BCUT2D eigenvalue weighted by Gasteiger charge is 2.09. The number of benzene rings is 1. The van der Waals surface area contributed by atoms with E-state index in [1.54, 1.807) is 41.4 Å². The third-order valence-electron chi connectivity index (χ3n) is 2.84. The van der Waals surface area contributed by atoms with E-state index in [9.17, 15) is 9.59 Å². The Bertz CT molecular complexity index is 633. The van der Waals surface area contributed by atoms with E-state index in [4.69, 9.17) is 11.5 Å². The molecule has 0 aliphatic carbocycles. The van der Waals surface area contributed by atoms with E-state index >= 15 is 0 Å². The van der Waals surface area contributed by atoms with Crippen LogP contribution in [-0.2, 0) is 17.8 Å². The molecule has 2 rings (SSSR count). The largest absolute Gasteiger partial charge is 0.369 e. The number of aromatic nitrogens is 2. The van der Waals surface area contributed by atoms with Gasteiger partial charge in [-0.05, 0) is 17.7 Å². The van der Waals surface area contributed by atoms with Crippen molar-refractivity contribution in [1.82, 2.24) is 9.55 Å². The van der Waals surface area contributed by atoms with Gasteiger partial charge >= 0.3 is 0 Å². The van der Waals surface area contributed by atoms with Crippen LogP contribution < -0.4 is 16.8 Å². The zero-order valence-electron chi connectivity index (χ0n) is 11.5. The monoisotopic (exact) mass is 287 g/mol. The highest BCUT2D eigenvalue weighted by Crippen LogP contribution is 2.11. The van der Waals surface area contributed by atoms with Gasteiger partial charge in [-0.25, -0.2) is 4.98 Å². The van der Waals surface area contributed by atoms with Crippen LogP contribution in [-0.4, -0.2) is 27.9 Å². The number of hydrogen-bond acceptors (Lipinski definition) is 4. The van der Waals surface area contributed by atoms with Gasteiger partial charge in [-0.3, -0.25) is 9.59 Å². The van der Waals surface area contributed by atoms with E-state index in [0.29, 0.717) is 24.5 Å². The Hall–Kier alpha value is -2.67. The quantitative estimate of drug-likeness (QED) is 0.699. The zero-order valence-corrected chi connectivity index (χ0v) is 11.5. The summed E-state index contributed by atoms with van der Waals surface area (Å²) in [4.78, 5) is 26.8. The number of anilines is 1. The van der Waals surface area contributed by atoms with E-state index in [0.717, 1.165) is 5.56 Å². The van der Waals surface area contributed by atoms with Crippen LogP contribution in [0, 0.1) is 0 Å². The second kappa shape index (κ2) is 6.67. The molecule has 2 aromatic rings. The maximum Gasteiger partial charge on any atom is 0.275 e. The molecule has 0 spiro atoms. The molecular formula is C14H17N5O2. The van der Waals surface area contributed by atoms with Gasteiger partial charge in [0.1, 0.15) is 5.69 Å². The fourth-order valence-electron chi connectivity index (χ4n) is 1.85. The van der Waals surface area contributed by atoms with Gasteiger partial charge in [-0.1, -0.05) is 12.1 Å². The average Bonchev–Trinajstić information content (AvgIpc) is 2.89. The molecule has 5 N–H and O–H groups in total. The van der Waals surface area contributed by atoms with Crippen molar-refractivity contribution >= 4 is 17.5 Å². The molecule has 0 atom stereocenters. The highest BCUT2D eigenvalue weighted by molar-refractivity contribution is 6.02. The number of amides is 2. The molecule has 0 aliphatic heterocycles. The lowest BCUT2D eigenvalue weighted by Crippen LogP contribution is -2.14. The van der Waals surface area contributed by atoms with E-state index in [1.165, 1.54) is 0 Å². The maximum absolute atomic E-state index is 12.0. The summed E-state index contributed by atoms with van der Waals surface area (Å²) in [6, 6.07) is 6.92. The van der Waals surface area contributed by atoms with Gasteiger partial charge in [0, 0.05) is 25.0 Å². The molecule has 0 saturated carbocycles. The Morgan fingerprint density at radius 1 is 1.24 bits per heavy atom. The zero-order chi connectivity index (χ0) is 15.2. The first-order chi connectivity index (χ1) is 10.1. The van der Waals surface area contributed by atoms with Crippen molar-refractivity contribution in [2.45, 2.75) is 13.0 Å². The molecule has 1 aromatic heterocycles. The summed E-state index contributed by atoms with van der Waals surface area (Å²) in [5, 5.41) is 2.73. The topological polar surface area (TPSA) is 116 Å². The molecule has 110 valence electrons. The average molecular weight is 287 g/mol. The van der Waals surface area contributed by atoms with Gasteiger partial charge in [-0.2, -0.15) is 0 Å². The Labute approximate surface area is 122 Å². The number of nitrogens with two attached hydrogens (primary N) is 2. The molecule has 1 aromatic carbocycles. The molecule has 2 amide bonds. The fourth-order valence-corrected chi connectivity index (χ4v) is 1.85. The minimum atomic E-state index is -0.391. The van der Waals surface area contributed by atoms with Crippen molar-refractivity contribution in [2.24, 2.45) is 11.5 Å². The Kier molecular flexibility index (Phi) is 4.68. The van der Waals surface area contributed by atoms with Crippen LogP contribution in [0.4, 0.5) is 5.69 Å². The number of carbonyl (C=O) groups is 2. The summed E-state index contributed by atoms with van der Waals surface area (Å²) in [6.45, 7) is 1.10. The lowest BCUT2D eigenvalue weighted by molar-refractivity contribution is -0.117. The minimum Gasteiger partial charge on any atom is -0.369 e. The van der Waals surface area contributed by atoms with Crippen LogP contribution in [0.5, 0.6) is 0 Å². The van der Waals surface area contributed by atoms with E-state index in [1.807, 2.05) is 0 Å². The summed E-state index contributed by atoms with van der Waals surface area (Å²) in [6.07, 6.45) is 3.39. The third kappa shape index (κ3) is 4.15. The lowest BCUT2D eigenvalue weighted by Gasteiger charge is -2.04. The number of rotatable bonds is 6. The second-order valence-electron chi connectivity index (χ2n) is 4.58. The molecule has 7 heteroatoms. The van der Waals surface area contributed by atoms with Gasteiger partial charge in [0.2, 0.25) is 5.91 Å². The molecule has 21 heavy (non-hydrogen) atoms. The Morgan fingerprint density at radius 2 is 1.95 bits per heavy atom. The Balaban J connectivity index is 1.99. The van der Waals surface area contributed by atoms with Crippen molar-refractivity contribution in [3.8, 4) is 0 Å². The smallest absolute Gasteiger partial charge is 0.275 e. The molecule has 0 aliphatic rings. The number of nitrogens with zero attached hydrogens (tertiary/aromatic N) is 2. The lowest BCUT2D eigenvalue weighted by atomic mass is 10.1. The number of carbonyl (C=O) groups excluding carboxylic acids is 2. The first kappa shape index (κ1) is 14.7. The van der Waals surface area contributed by atoms with Gasteiger partial charge in [0.25, 0.3) is 5.91 Å². The summed E-state index contributed by atoms with van der Waals surface area (Å²) < 4.78 is 1.75. The van der Waals surface area contributed by atoms with Crippen LogP contribution in [0.2, 0.25) is 0 Å². The van der Waals surface area contributed by atoms with Crippen molar-refractivity contribution in [3.63, 3.8) is 0 Å². The molecule has 0 fully saturated rings. The fraction of sp³-hybridized carbons (Fsp3) is 0.214. The molecular weight excluding hydrogens is 270 g/mol. The molecule has 0 bridgehead atoms. The van der Waals surface area contributed by atoms with E-state index in [-0.39, 0.29) is 12.3 Å². The summed E-state index contributed by atoms with van der Waals surface area (Å²) >= 11 is 0.